The van der Waals surface area contributed by atoms with Gasteiger partial charge in [-0.1, -0.05) is 6.42 Å². The highest BCUT2D eigenvalue weighted by molar-refractivity contribution is 5.87. The van der Waals surface area contributed by atoms with Gasteiger partial charge in [-0.2, -0.15) is 5.26 Å². The number of unbranched alkanes of at least 4 members (excludes halogenated alkanes) is 1. The van der Waals surface area contributed by atoms with Crippen LogP contribution < -0.4 is 5.56 Å². The maximum absolute atomic E-state index is 12.0. The van der Waals surface area contributed by atoms with Crippen LogP contribution in [0.4, 0.5) is 0 Å². The molecule has 0 amide bonds. The third-order valence-corrected chi connectivity index (χ3v) is 3.36. The molecule has 0 radical (unpaired) electrons. The number of nitriles is 1. The molecule has 0 spiro atoms. The summed E-state index contributed by atoms with van der Waals surface area (Å²) in [7, 11) is 0. The number of carboxylic acid groups (broad SMARTS) is 1. The van der Waals surface area contributed by atoms with E-state index in [0.29, 0.717) is 6.54 Å². The van der Waals surface area contributed by atoms with Gasteiger partial charge in [-0.05, 0) is 45.7 Å². The lowest BCUT2D eigenvalue weighted by Crippen LogP contribution is -2.28. The van der Waals surface area contributed by atoms with Crippen LogP contribution in [0.2, 0.25) is 0 Å². The molecule has 1 heterocycles. The third-order valence-electron chi connectivity index (χ3n) is 3.36. The second-order valence-electron chi connectivity index (χ2n) is 5.60. The predicted octanol–water partition coefficient (Wildman–Crippen LogP) is 2.58. The highest BCUT2D eigenvalue weighted by Crippen LogP contribution is 2.21. The molecular weight excluding hydrogens is 256 g/mol. The van der Waals surface area contributed by atoms with Crippen molar-refractivity contribution >= 4 is 5.97 Å². The number of carboxylic acids is 1. The summed E-state index contributed by atoms with van der Waals surface area (Å²) < 4.78 is 1.49. The van der Waals surface area contributed by atoms with E-state index in [2.05, 4.69) is 6.07 Å². The van der Waals surface area contributed by atoms with Gasteiger partial charge in [-0.25, -0.2) is 4.79 Å². The molecule has 0 saturated carbocycles. The van der Waals surface area contributed by atoms with Crippen LogP contribution in [-0.2, 0) is 6.54 Å². The van der Waals surface area contributed by atoms with Crippen LogP contribution in [0.15, 0.2) is 16.9 Å². The lowest BCUT2D eigenvalue weighted by Gasteiger charge is -2.15. The Labute approximate surface area is 118 Å². The second kappa shape index (κ2) is 6.38. The van der Waals surface area contributed by atoms with Gasteiger partial charge < -0.3 is 9.67 Å². The van der Waals surface area contributed by atoms with Crippen molar-refractivity contribution in [1.29, 1.82) is 5.26 Å². The van der Waals surface area contributed by atoms with E-state index >= 15 is 0 Å². The van der Waals surface area contributed by atoms with Crippen LogP contribution >= 0.6 is 0 Å². The number of aryl methyl sites for hydroxylation is 1. The predicted molar refractivity (Wildman–Crippen MR) is 75.6 cm³/mol. The van der Waals surface area contributed by atoms with Gasteiger partial charge in [0, 0.05) is 12.2 Å². The summed E-state index contributed by atoms with van der Waals surface area (Å²) in [6.45, 7) is 6.03. The van der Waals surface area contributed by atoms with E-state index in [1.807, 2.05) is 13.8 Å². The molecule has 0 aliphatic rings. The first-order valence-electron chi connectivity index (χ1n) is 6.63. The molecule has 1 rings (SSSR count). The van der Waals surface area contributed by atoms with Crippen molar-refractivity contribution in [3.63, 3.8) is 0 Å². The molecule has 5 heteroatoms. The summed E-state index contributed by atoms with van der Waals surface area (Å²) >= 11 is 0. The van der Waals surface area contributed by atoms with Crippen molar-refractivity contribution in [2.24, 2.45) is 5.41 Å². The van der Waals surface area contributed by atoms with Crippen molar-refractivity contribution in [2.45, 2.75) is 46.6 Å². The molecule has 1 aromatic rings. The Balaban J connectivity index is 2.75. The second-order valence-corrected chi connectivity index (χ2v) is 5.60. The molecule has 0 fully saturated rings. The molecule has 0 atom stereocenters. The molecule has 1 N–H and O–H groups in total. The van der Waals surface area contributed by atoms with Gasteiger partial charge in [-0.3, -0.25) is 4.79 Å². The minimum Gasteiger partial charge on any atom is -0.477 e. The highest BCUT2D eigenvalue weighted by Gasteiger charge is 2.16. The third kappa shape index (κ3) is 3.95. The molecule has 0 unspecified atom stereocenters. The molecule has 0 aliphatic carbocycles. The van der Waals surface area contributed by atoms with Crippen LogP contribution in [0.25, 0.3) is 0 Å². The van der Waals surface area contributed by atoms with E-state index in [1.165, 1.54) is 10.6 Å². The average Bonchev–Trinajstić information content (AvgIpc) is 2.37. The van der Waals surface area contributed by atoms with Crippen LogP contribution in [-0.4, -0.2) is 15.6 Å². The normalized spacial score (nSPS) is 11.1. The molecule has 0 bridgehead atoms. The Hall–Kier alpha value is -2.09. The summed E-state index contributed by atoms with van der Waals surface area (Å²) in [6, 6.07) is 5.23. The van der Waals surface area contributed by atoms with Gasteiger partial charge in [0.2, 0.25) is 0 Å². The summed E-state index contributed by atoms with van der Waals surface area (Å²) in [5.74, 6) is -1.20. The van der Waals surface area contributed by atoms with Gasteiger partial charge in [0.15, 0.2) is 0 Å². The van der Waals surface area contributed by atoms with Gasteiger partial charge in [0.1, 0.15) is 5.56 Å². The topological polar surface area (TPSA) is 83.1 Å². The zero-order valence-corrected chi connectivity index (χ0v) is 12.1. The summed E-state index contributed by atoms with van der Waals surface area (Å²) in [5.41, 5.74) is -0.271. The summed E-state index contributed by atoms with van der Waals surface area (Å²) in [4.78, 5) is 22.9. The quantitative estimate of drug-likeness (QED) is 0.809. The summed E-state index contributed by atoms with van der Waals surface area (Å²) in [6.07, 6.45) is 2.33. The lowest BCUT2D eigenvalue weighted by atomic mass is 9.89. The smallest absolute Gasteiger partial charge is 0.341 e. The number of rotatable bonds is 6. The SMILES string of the molecule is Cc1ccc(C(=O)O)c(=O)n1CCCCC(C)(C)C#N. The maximum Gasteiger partial charge on any atom is 0.341 e. The zero-order chi connectivity index (χ0) is 15.3. The van der Waals surface area contributed by atoms with E-state index < -0.39 is 11.5 Å². The van der Waals surface area contributed by atoms with E-state index in [1.54, 1.807) is 13.0 Å². The van der Waals surface area contributed by atoms with Crippen molar-refractivity contribution in [3.05, 3.63) is 33.7 Å². The number of carbonyl (C=O) groups is 1. The average molecular weight is 276 g/mol. The Kier molecular flexibility index (Phi) is 5.09. The first-order chi connectivity index (χ1) is 9.28. The van der Waals surface area contributed by atoms with Gasteiger partial charge in [0.05, 0.1) is 11.5 Å². The van der Waals surface area contributed by atoms with Crippen molar-refractivity contribution < 1.29 is 9.90 Å². The molecule has 0 aliphatic heterocycles. The molecular formula is C15H20N2O3. The molecule has 0 aromatic carbocycles. The number of hydrogen-bond donors (Lipinski definition) is 1. The number of pyridine rings is 1. The Morgan fingerprint density at radius 2 is 2.05 bits per heavy atom. The molecule has 108 valence electrons. The number of aromatic carboxylic acids is 1. The fourth-order valence-electron chi connectivity index (χ4n) is 2.00. The number of hydrogen-bond acceptors (Lipinski definition) is 3. The van der Waals surface area contributed by atoms with Crippen LogP contribution in [0.3, 0.4) is 0 Å². The fourth-order valence-corrected chi connectivity index (χ4v) is 2.00. The largest absolute Gasteiger partial charge is 0.477 e. The minimum atomic E-state index is -1.20. The standard InChI is InChI=1S/C15H20N2O3/c1-11-6-7-12(14(19)20)13(18)17(11)9-5-4-8-15(2,3)10-16/h6-7H,4-5,8-9H2,1-3H3,(H,19,20). The Bertz CT molecular complexity index is 594. The van der Waals surface area contributed by atoms with Crippen LogP contribution in [0, 0.1) is 23.7 Å². The van der Waals surface area contributed by atoms with E-state index in [4.69, 9.17) is 10.4 Å². The van der Waals surface area contributed by atoms with Gasteiger partial charge in [0.25, 0.3) is 5.56 Å². The highest BCUT2D eigenvalue weighted by atomic mass is 16.4. The van der Waals surface area contributed by atoms with E-state index in [0.717, 1.165) is 25.0 Å². The lowest BCUT2D eigenvalue weighted by molar-refractivity contribution is 0.0694. The molecule has 1 aromatic heterocycles. The monoisotopic (exact) mass is 276 g/mol. The number of aromatic nitrogens is 1. The van der Waals surface area contributed by atoms with Crippen molar-refractivity contribution in [1.82, 2.24) is 4.57 Å². The Morgan fingerprint density at radius 1 is 1.40 bits per heavy atom. The van der Waals surface area contributed by atoms with Gasteiger partial charge in [-0.15, -0.1) is 0 Å². The number of nitrogens with zero attached hydrogens (tertiary/aromatic N) is 2. The molecule has 0 saturated heterocycles. The van der Waals surface area contributed by atoms with Gasteiger partial charge >= 0.3 is 5.97 Å². The van der Waals surface area contributed by atoms with Crippen molar-refractivity contribution in [2.75, 3.05) is 0 Å². The van der Waals surface area contributed by atoms with Crippen LogP contribution in [0.1, 0.15) is 49.2 Å². The summed E-state index contributed by atoms with van der Waals surface area (Å²) in [5, 5.41) is 17.9. The molecule has 5 nitrogen and oxygen atoms in total. The first kappa shape index (κ1) is 16.0. The van der Waals surface area contributed by atoms with Crippen LogP contribution in [0.5, 0.6) is 0 Å². The molecule has 20 heavy (non-hydrogen) atoms. The van der Waals surface area contributed by atoms with E-state index in [-0.39, 0.29) is 11.0 Å². The maximum atomic E-state index is 12.0. The zero-order valence-electron chi connectivity index (χ0n) is 12.1. The Morgan fingerprint density at radius 3 is 2.60 bits per heavy atom. The van der Waals surface area contributed by atoms with E-state index in [9.17, 15) is 9.59 Å². The first-order valence-corrected chi connectivity index (χ1v) is 6.63. The minimum absolute atomic E-state index is 0.201. The van der Waals surface area contributed by atoms with Crippen molar-refractivity contribution in [3.8, 4) is 6.07 Å². The fraction of sp³-hybridized carbons (Fsp3) is 0.533.